The summed E-state index contributed by atoms with van der Waals surface area (Å²) in [5.41, 5.74) is 1.92. The van der Waals surface area contributed by atoms with Crippen LogP contribution < -0.4 is 0 Å². The van der Waals surface area contributed by atoms with Gasteiger partial charge in [-0.05, 0) is 23.4 Å². The molecule has 0 saturated heterocycles. The number of carbonyl (C=O) groups is 1. The fourth-order valence-corrected chi connectivity index (χ4v) is 2.14. The fraction of sp³-hybridized carbons (Fsp3) is 0.429. The molecule has 0 aliphatic rings. The van der Waals surface area contributed by atoms with Crippen LogP contribution in [0.2, 0.25) is 0 Å². The van der Waals surface area contributed by atoms with Crippen molar-refractivity contribution in [2.45, 2.75) is 19.1 Å². The summed E-state index contributed by atoms with van der Waals surface area (Å²) in [6.45, 7) is 2.61. The monoisotopic (exact) mass is 262 g/mol. The lowest BCUT2D eigenvalue weighted by atomic mass is 10.1. The molecule has 0 N–H and O–H groups in total. The van der Waals surface area contributed by atoms with E-state index in [0.29, 0.717) is 18.5 Å². The predicted octanol–water partition coefficient (Wildman–Crippen LogP) is 2.93. The van der Waals surface area contributed by atoms with E-state index in [1.165, 1.54) is 5.56 Å². The van der Waals surface area contributed by atoms with Gasteiger partial charge >= 0.3 is 0 Å². The molecule has 0 unspecified atom stereocenters. The van der Waals surface area contributed by atoms with E-state index < -0.39 is 0 Å². The lowest BCUT2D eigenvalue weighted by Gasteiger charge is -2.15. The first-order valence-corrected chi connectivity index (χ1v) is 7.13. The zero-order valence-electron chi connectivity index (χ0n) is 10.8. The molecule has 1 rings (SSSR count). The number of amides is 1. The van der Waals surface area contributed by atoms with Crippen LogP contribution in [-0.2, 0) is 5.75 Å². The molecule has 0 spiro atoms. The first-order valence-electron chi connectivity index (χ1n) is 5.98. The van der Waals surface area contributed by atoms with E-state index in [-0.39, 0.29) is 5.91 Å². The van der Waals surface area contributed by atoms with Gasteiger partial charge in [-0.3, -0.25) is 4.79 Å². The van der Waals surface area contributed by atoms with Gasteiger partial charge < -0.3 is 4.90 Å². The van der Waals surface area contributed by atoms with Crippen LogP contribution in [0.15, 0.2) is 24.3 Å². The number of benzene rings is 1. The highest BCUT2D eigenvalue weighted by Gasteiger charge is 2.10. The van der Waals surface area contributed by atoms with Crippen molar-refractivity contribution in [3.8, 4) is 6.07 Å². The van der Waals surface area contributed by atoms with Gasteiger partial charge in [0.25, 0.3) is 5.91 Å². The van der Waals surface area contributed by atoms with Crippen molar-refractivity contribution in [3.05, 3.63) is 35.4 Å². The number of nitriles is 1. The Bertz CT molecular complexity index is 422. The van der Waals surface area contributed by atoms with Crippen molar-refractivity contribution >= 4 is 17.7 Å². The van der Waals surface area contributed by atoms with Gasteiger partial charge in [0.05, 0.1) is 12.5 Å². The summed E-state index contributed by atoms with van der Waals surface area (Å²) in [5, 5.41) is 8.50. The molecule has 0 aliphatic carbocycles. The standard InChI is InChI=1S/C14H18N2OS/c1-3-18-11-12-5-7-13(8-6-12)14(17)16(2)10-4-9-15/h5-8H,3-4,10-11H2,1-2H3. The Labute approximate surface area is 113 Å². The molecule has 0 saturated carbocycles. The van der Waals surface area contributed by atoms with Crippen LogP contribution in [0, 0.1) is 11.3 Å². The van der Waals surface area contributed by atoms with Crippen LogP contribution >= 0.6 is 11.8 Å². The number of carbonyl (C=O) groups excluding carboxylic acids is 1. The number of hydrogen-bond donors (Lipinski definition) is 0. The van der Waals surface area contributed by atoms with E-state index in [0.717, 1.165) is 11.5 Å². The molecule has 1 aromatic carbocycles. The van der Waals surface area contributed by atoms with Gasteiger partial charge in [0.2, 0.25) is 0 Å². The number of rotatable bonds is 6. The third-order valence-electron chi connectivity index (χ3n) is 2.58. The fourth-order valence-electron chi connectivity index (χ4n) is 1.50. The molecular weight excluding hydrogens is 244 g/mol. The van der Waals surface area contributed by atoms with E-state index in [2.05, 4.69) is 6.92 Å². The van der Waals surface area contributed by atoms with Gasteiger partial charge in [-0.1, -0.05) is 19.1 Å². The minimum Gasteiger partial charge on any atom is -0.341 e. The molecule has 0 heterocycles. The highest BCUT2D eigenvalue weighted by atomic mass is 32.2. The van der Waals surface area contributed by atoms with Gasteiger partial charge in [-0.15, -0.1) is 0 Å². The van der Waals surface area contributed by atoms with Crippen molar-refractivity contribution < 1.29 is 4.79 Å². The van der Waals surface area contributed by atoms with E-state index in [9.17, 15) is 4.79 Å². The molecule has 0 aliphatic heterocycles. The topological polar surface area (TPSA) is 44.1 Å². The maximum atomic E-state index is 12.0. The quantitative estimate of drug-likeness (QED) is 0.791. The zero-order valence-corrected chi connectivity index (χ0v) is 11.7. The summed E-state index contributed by atoms with van der Waals surface area (Å²) < 4.78 is 0. The highest BCUT2D eigenvalue weighted by Crippen LogP contribution is 2.13. The smallest absolute Gasteiger partial charge is 0.253 e. The van der Waals surface area contributed by atoms with Gasteiger partial charge in [-0.25, -0.2) is 0 Å². The van der Waals surface area contributed by atoms with Crippen molar-refractivity contribution in [2.75, 3.05) is 19.3 Å². The lowest BCUT2D eigenvalue weighted by Crippen LogP contribution is -2.27. The first kappa shape index (κ1) is 14.6. The summed E-state index contributed by atoms with van der Waals surface area (Å²) >= 11 is 1.86. The molecule has 0 fully saturated rings. The van der Waals surface area contributed by atoms with Gasteiger partial charge in [-0.2, -0.15) is 17.0 Å². The molecule has 0 atom stereocenters. The highest BCUT2D eigenvalue weighted by molar-refractivity contribution is 7.98. The second-order valence-electron chi connectivity index (χ2n) is 3.97. The lowest BCUT2D eigenvalue weighted by molar-refractivity contribution is 0.0798. The van der Waals surface area contributed by atoms with Crippen LogP contribution in [0.25, 0.3) is 0 Å². The van der Waals surface area contributed by atoms with Crippen LogP contribution in [0.4, 0.5) is 0 Å². The molecule has 3 nitrogen and oxygen atoms in total. The second kappa shape index (κ2) is 7.78. The van der Waals surface area contributed by atoms with Crippen LogP contribution in [0.3, 0.4) is 0 Å². The summed E-state index contributed by atoms with van der Waals surface area (Å²) in [4.78, 5) is 13.6. The summed E-state index contributed by atoms with van der Waals surface area (Å²) in [6.07, 6.45) is 0.369. The third kappa shape index (κ3) is 4.42. The third-order valence-corrected chi connectivity index (χ3v) is 3.53. The average molecular weight is 262 g/mol. The second-order valence-corrected chi connectivity index (χ2v) is 5.24. The molecule has 1 amide bonds. The van der Waals surface area contributed by atoms with Crippen molar-refractivity contribution in [2.24, 2.45) is 0 Å². The Balaban J connectivity index is 2.61. The Morgan fingerprint density at radius 1 is 1.39 bits per heavy atom. The van der Waals surface area contributed by atoms with E-state index in [1.54, 1.807) is 11.9 Å². The minimum atomic E-state index is -0.0278. The number of hydrogen-bond acceptors (Lipinski definition) is 3. The minimum absolute atomic E-state index is 0.0278. The molecule has 0 aromatic heterocycles. The van der Waals surface area contributed by atoms with Crippen molar-refractivity contribution in [1.29, 1.82) is 5.26 Å². The molecule has 4 heteroatoms. The van der Waals surface area contributed by atoms with Gasteiger partial charge in [0, 0.05) is 24.9 Å². The maximum Gasteiger partial charge on any atom is 0.253 e. The first-order chi connectivity index (χ1) is 8.69. The summed E-state index contributed by atoms with van der Waals surface area (Å²) in [7, 11) is 1.72. The Morgan fingerprint density at radius 3 is 2.61 bits per heavy atom. The summed E-state index contributed by atoms with van der Waals surface area (Å²) in [5.74, 6) is 2.05. The van der Waals surface area contributed by atoms with Crippen LogP contribution in [0.1, 0.15) is 29.3 Å². The van der Waals surface area contributed by atoms with E-state index >= 15 is 0 Å². The molecule has 96 valence electrons. The van der Waals surface area contributed by atoms with Gasteiger partial charge in [0.15, 0.2) is 0 Å². The number of nitrogens with zero attached hydrogens (tertiary/aromatic N) is 2. The number of thioether (sulfide) groups is 1. The Hall–Kier alpha value is -1.47. The normalized spacial score (nSPS) is 9.83. The Morgan fingerprint density at radius 2 is 2.06 bits per heavy atom. The Kier molecular flexibility index (Phi) is 6.31. The molecular formula is C14H18N2OS. The van der Waals surface area contributed by atoms with Crippen molar-refractivity contribution in [1.82, 2.24) is 4.90 Å². The van der Waals surface area contributed by atoms with Crippen LogP contribution in [-0.4, -0.2) is 30.2 Å². The van der Waals surface area contributed by atoms with E-state index in [1.807, 2.05) is 42.1 Å². The molecule has 0 bridgehead atoms. The van der Waals surface area contributed by atoms with Crippen molar-refractivity contribution in [3.63, 3.8) is 0 Å². The predicted molar refractivity (Wildman–Crippen MR) is 75.5 cm³/mol. The molecule has 1 aromatic rings. The zero-order chi connectivity index (χ0) is 13.4. The maximum absolute atomic E-state index is 12.0. The molecule has 0 radical (unpaired) electrons. The summed E-state index contributed by atoms with van der Waals surface area (Å²) in [6, 6.07) is 9.74. The SMILES string of the molecule is CCSCc1ccc(C(=O)N(C)CCC#N)cc1. The molecule has 18 heavy (non-hydrogen) atoms. The van der Waals surface area contributed by atoms with E-state index in [4.69, 9.17) is 5.26 Å². The van der Waals surface area contributed by atoms with Crippen LogP contribution in [0.5, 0.6) is 0 Å². The largest absolute Gasteiger partial charge is 0.341 e. The average Bonchev–Trinajstić information content (AvgIpc) is 2.42. The van der Waals surface area contributed by atoms with Gasteiger partial charge in [0.1, 0.15) is 0 Å².